The van der Waals surface area contributed by atoms with Gasteiger partial charge >= 0.3 is 0 Å². The highest BCUT2D eigenvalue weighted by molar-refractivity contribution is 5.80. The largest absolute Gasteiger partial charge is 0.384 e. The van der Waals surface area contributed by atoms with Gasteiger partial charge in [-0.2, -0.15) is 0 Å². The number of nitrogens with one attached hydrogen (secondary N) is 1. The first-order valence-corrected chi connectivity index (χ1v) is 8.34. The summed E-state index contributed by atoms with van der Waals surface area (Å²) in [6.45, 7) is 7.00. The monoisotopic (exact) mass is 296 g/mol. The molecular weight excluding hydrogens is 264 g/mol. The fourth-order valence-electron chi connectivity index (χ4n) is 3.22. The molecule has 2 unspecified atom stereocenters. The molecule has 21 heavy (non-hydrogen) atoms. The van der Waals surface area contributed by atoms with Crippen molar-refractivity contribution in [2.75, 3.05) is 54.0 Å². The second kappa shape index (κ2) is 7.99. The summed E-state index contributed by atoms with van der Waals surface area (Å²) in [5.74, 6) is 2.59. The molecule has 5 nitrogen and oxygen atoms in total. The molecule has 0 amide bonds. The van der Waals surface area contributed by atoms with E-state index in [4.69, 9.17) is 9.73 Å². The van der Waals surface area contributed by atoms with Gasteiger partial charge in [-0.25, -0.2) is 0 Å². The Morgan fingerprint density at radius 2 is 2.14 bits per heavy atom. The van der Waals surface area contributed by atoms with Gasteiger partial charge in [-0.05, 0) is 46.2 Å². The van der Waals surface area contributed by atoms with Crippen molar-refractivity contribution in [3.8, 4) is 0 Å². The molecule has 1 saturated carbocycles. The quantitative estimate of drug-likeness (QED) is 0.567. The van der Waals surface area contributed by atoms with Gasteiger partial charge in [0.2, 0.25) is 0 Å². The van der Waals surface area contributed by atoms with Crippen LogP contribution in [0.1, 0.15) is 26.2 Å². The molecule has 5 heteroatoms. The van der Waals surface area contributed by atoms with Crippen LogP contribution in [0, 0.1) is 11.8 Å². The lowest BCUT2D eigenvalue weighted by atomic mass is 10.1. The van der Waals surface area contributed by atoms with Crippen LogP contribution >= 0.6 is 0 Å². The van der Waals surface area contributed by atoms with Gasteiger partial charge < -0.3 is 19.9 Å². The van der Waals surface area contributed by atoms with E-state index in [1.807, 2.05) is 0 Å². The number of hydrogen-bond donors (Lipinski definition) is 1. The van der Waals surface area contributed by atoms with Gasteiger partial charge in [0.1, 0.15) is 0 Å². The average Bonchev–Trinajstić information content (AvgIpc) is 3.17. The third-order valence-corrected chi connectivity index (χ3v) is 4.58. The topological polar surface area (TPSA) is 40.1 Å². The van der Waals surface area contributed by atoms with Crippen molar-refractivity contribution in [3.63, 3.8) is 0 Å². The summed E-state index contributed by atoms with van der Waals surface area (Å²) in [4.78, 5) is 9.65. The van der Waals surface area contributed by atoms with Crippen LogP contribution in [0.25, 0.3) is 0 Å². The molecule has 2 rings (SSSR count). The van der Waals surface area contributed by atoms with Crippen LogP contribution in [0.3, 0.4) is 0 Å². The SMILES string of the molecule is CCNC(=NCC(C1CC1)N(C)C)N1CCC(COC)C1. The van der Waals surface area contributed by atoms with Crippen molar-refractivity contribution < 1.29 is 4.74 Å². The number of ether oxygens (including phenoxy) is 1. The number of likely N-dealkylation sites (N-methyl/N-ethyl adjacent to an activating group) is 1. The first-order valence-electron chi connectivity index (χ1n) is 8.34. The van der Waals surface area contributed by atoms with E-state index in [0.717, 1.165) is 44.7 Å². The van der Waals surface area contributed by atoms with Crippen LogP contribution in [-0.4, -0.2) is 75.8 Å². The summed E-state index contributed by atoms with van der Waals surface area (Å²) >= 11 is 0. The smallest absolute Gasteiger partial charge is 0.193 e. The first kappa shape index (κ1) is 16.6. The maximum absolute atomic E-state index is 5.29. The van der Waals surface area contributed by atoms with Gasteiger partial charge in [-0.15, -0.1) is 0 Å². The van der Waals surface area contributed by atoms with Crippen molar-refractivity contribution in [2.24, 2.45) is 16.8 Å². The van der Waals surface area contributed by atoms with Crippen molar-refractivity contribution in [3.05, 3.63) is 0 Å². The Hall–Kier alpha value is -0.810. The number of rotatable bonds is 7. The lowest BCUT2D eigenvalue weighted by molar-refractivity contribution is 0.157. The van der Waals surface area contributed by atoms with Crippen molar-refractivity contribution >= 4 is 5.96 Å². The van der Waals surface area contributed by atoms with Crippen molar-refractivity contribution in [1.82, 2.24) is 15.1 Å². The van der Waals surface area contributed by atoms with E-state index in [9.17, 15) is 0 Å². The van der Waals surface area contributed by atoms with Crippen LogP contribution in [-0.2, 0) is 4.74 Å². The van der Waals surface area contributed by atoms with Gasteiger partial charge in [-0.1, -0.05) is 0 Å². The zero-order valence-corrected chi connectivity index (χ0v) is 14.1. The van der Waals surface area contributed by atoms with Gasteiger partial charge in [0, 0.05) is 38.7 Å². The zero-order chi connectivity index (χ0) is 15.2. The summed E-state index contributed by atoms with van der Waals surface area (Å²) < 4.78 is 5.29. The van der Waals surface area contributed by atoms with Gasteiger partial charge in [0.05, 0.1) is 13.2 Å². The third kappa shape index (κ3) is 4.85. The van der Waals surface area contributed by atoms with E-state index >= 15 is 0 Å². The highest BCUT2D eigenvalue weighted by Gasteiger charge is 2.32. The molecule has 0 bridgehead atoms. The number of aliphatic imine (C=N–C) groups is 1. The summed E-state index contributed by atoms with van der Waals surface area (Å²) in [6.07, 6.45) is 3.95. The summed E-state index contributed by atoms with van der Waals surface area (Å²) in [7, 11) is 6.14. The Morgan fingerprint density at radius 1 is 1.38 bits per heavy atom. The van der Waals surface area contributed by atoms with Crippen LogP contribution < -0.4 is 5.32 Å². The molecule has 122 valence electrons. The van der Waals surface area contributed by atoms with E-state index in [0.29, 0.717) is 12.0 Å². The minimum Gasteiger partial charge on any atom is -0.384 e. The molecule has 0 aromatic carbocycles. The third-order valence-electron chi connectivity index (χ3n) is 4.58. The Labute approximate surface area is 129 Å². The van der Waals surface area contributed by atoms with Gasteiger partial charge in [-0.3, -0.25) is 4.99 Å². The predicted molar refractivity (Wildman–Crippen MR) is 87.7 cm³/mol. The normalized spacial score (nSPS) is 24.7. The molecule has 1 saturated heterocycles. The molecule has 0 radical (unpaired) electrons. The van der Waals surface area contributed by atoms with E-state index in [1.54, 1.807) is 7.11 Å². The van der Waals surface area contributed by atoms with Gasteiger partial charge in [0.15, 0.2) is 5.96 Å². The minimum absolute atomic E-state index is 0.594. The molecule has 0 aromatic rings. The Balaban J connectivity index is 1.92. The van der Waals surface area contributed by atoms with E-state index in [2.05, 4.69) is 36.1 Å². The maximum Gasteiger partial charge on any atom is 0.193 e. The number of likely N-dealkylation sites (tertiary alicyclic amines) is 1. The van der Waals surface area contributed by atoms with E-state index < -0.39 is 0 Å². The van der Waals surface area contributed by atoms with Crippen LogP contribution in [0.4, 0.5) is 0 Å². The second-order valence-electron chi connectivity index (χ2n) is 6.62. The summed E-state index contributed by atoms with van der Waals surface area (Å²) in [5, 5.41) is 3.46. The Bertz CT molecular complexity index is 339. The molecular formula is C16H32N4O. The molecule has 2 fully saturated rings. The van der Waals surface area contributed by atoms with Crippen LogP contribution in [0.15, 0.2) is 4.99 Å². The fourth-order valence-corrected chi connectivity index (χ4v) is 3.22. The van der Waals surface area contributed by atoms with Crippen LogP contribution in [0.5, 0.6) is 0 Å². The van der Waals surface area contributed by atoms with E-state index in [-0.39, 0.29) is 0 Å². The summed E-state index contributed by atoms with van der Waals surface area (Å²) in [5.41, 5.74) is 0. The minimum atomic E-state index is 0.594. The number of hydrogen-bond acceptors (Lipinski definition) is 3. The summed E-state index contributed by atoms with van der Waals surface area (Å²) in [6, 6.07) is 0.594. The number of guanidine groups is 1. The molecule has 1 N–H and O–H groups in total. The molecule has 2 atom stereocenters. The first-order chi connectivity index (χ1) is 10.2. The van der Waals surface area contributed by atoms with Crippen molar-refractivity contribution in [2.45, 2.75) is 32.2 Å². The Morgan fingerprint density at radius 3 is 2.71 bits per heavy atom. The molecule has 2 aliphatic rings. The lowest BCUT2D eigenvalue weighted by Gasteiger charge is -2.25. The molecule has 1 aliphatic carbocycles. The van der Waals surface area contributed by atoms with Crippen LogP contribution in [0.2, 0.25) is 0 Å². The molecule has 1 aliphatic heterocycles. The molecule has 0 spiro atoms. The number of nitrogens with zero attached hydrogens (tertiary/aromatic N) is 3. The lowest BCUT2D eigenvalue weighted by Crippen LogP contribution is -2.42. The molecule has 0 aromatic heterocycles. The average molecular weight is 296 g/mol. The van der Waals surface area contributed by atoms with Gasteiger partial charge in [0.25, 0.3) is 0 Å². The van der Waals surface area contributed by atoms with E-state index in [1.165, 1.54) is 19.3 Å². The predicted octanol–water partition coefficient (Wildman–Crippen LogP) is 1.26. The standard InChI is InChI=1S/C16H32N4O/c1-5-17-16(20-9-8-13(11-20)12-21-4)18-10-15(19(2)3)14-6-7-14/h13-15H,5-12H2,1-4H3,(H,17,18). The van der Waals surface area contributed by atoms with Crippen molar-refractivity contribution in [1.29, 1.82) is 0 Å². The highest BCUT2D eigenvalue weighted by atomic mass is 16.5. The zero-order valence-electron chi connectivity index (χ0n) is 14.1. The highest BCUT2D eigenvalue weighted by Crippen LogP contribution is 2.34. The number of methoxy groups -OCH3 is 1. The Kier molecular flexibility index (Phi) is 6.30. The maximum atomic E-state index is 5.29. The second-order valence-corrected chi connectivity index (χ2v) is 6.62. The molecule has 1 heterocycles. The fraction of sp³-hybridized carbons (Fsp3) is 0.938.